The lowest BCUT2D eigenvalue weighted by atomic mass is 9.84. The van der Waals surface area contributed by atoms with Gasteiger partial charge in [-0.1, -0.05) is 50.7 Å². The third kappa shape index (κ3) is 6.32. The lowest BCUT2D eigenvalue weighted by Gasteiger charge is -2.32. The van der Waals surface area contributed by atoms with Crippen molar-refractivity contribution >= 4 is 17.5 Å². The fraction of sp³-hybridized carbons (Fsp3) is 0.469. The largest absolute Gasteiger partial charge is 0.467 e. The van der Waals surface area contributed by atoms with E-state index in [0.29, 0.717) is 23.1 Å². The van der Waals surface area contributed by atoms with Crippen molar-refractivity contribution in [2.45, 2.75) is 95.7 Å². The van der Waals surface area contributed by atoms with Gasteiger partial charge in [0.2, 0.25) is 5.82 Å². The van der Waals surface area contributed by atoms with Gasteiger partial charge < -0.3 is 14.2 Å². The summed E-state index contributed by atoms with van der Waals surface area (Å²) in [6.07, 6.45) is 12.8. The zero-order valence-corrected chi connectivity index (χ0v) is 24.1. The standard InChI is InChI=1S/C32H38N6O4/c1-22-14-19-28(42-22)31-34-36-37(35-31)21-29(39)38(26-17-15-24(16-18-26)23-9-4-2-5-10-23)30(27-13-8-20-41-27)32(40)33-25-11-6-3-7-12-25/h8,13-20,23,25,30H,2-7,9-12,21H2,1H3,(H,33,40). The first-order valence-electron chi connectivity index (χ1n) is 15.2. The highest BCUT2D eigenvalue weighted by Crippen LogP contribution is 2.35. The lowest BCUT2D eigenvalue weighted by molar-refractivity contribution is -0.128. The molecular weight excluding hydrogens is 532 g/mol. The van der Waals surface area contributed by atoms with Crippen molar-refractivity contribution in [3.05, 3.63) is 71.9 Å². The molecule has 220 valence electrons. The van der Waals surface area contributed by atoms with Crippen LogP contribution in [-0.2, 0) is 16.1 Å². The van der Waals surface area contributed by atoms with Gasteiger partial charge in [0.1, 0.15) is 18.1 Å². The van der Waals surface area contributed by atoms with Gasteiger partial charge in [-0.2, -0.15) is 4.80 Å². The van der Waals surface area contributed by atoms with E-state index >= 15 is 0 Å². The second kappa shape index (κ2) is 12.8. The van der Waals surface area contributed by atoms with E-state index in [9.17, 15) is 9.59 Å². The van der Waals surface area contributed by atoms with Crippen LogP contribution in [0.1, 0.15) is 93.3 Å². The van der Waals surface area contributed by atoms with Crippen molar-refractivity contribution in [2.24, 2.45) is 0 Å². The molecule has 10 heteroatoms. The summed E-state index contributed by atoms with van der Waals surface area (Å²) < 4.78 is 11.4. The van der Waals surface area contributed by atoms with Gasteiger partial charge in [0.15, 0.2) is 11.8 Å². The molecule has 2 aliphatic carbocycles. The molecule has 3 aromatic heterocycles. The SMILES string of the molecule is Cc1ccc(-c2nnn(CC(=O)N(c3ccc(C4CCCCC4)cc3)C(C(=O)NC3CCCCC3)c3ccco3)n2)o1. The molecule has 0 aliphatic heterocycles. The van der Waals surface area contributed by atoms with E-state index < -0.39 is 6.04 Å². The number of aromatic nitrogens is 4. The summed E-state index contributed by atoms with van der Waals surface area (Å²) in [4.78, 5) is 30.8. The van der Waals surface area contributed by atoms with Crippen LogP contribution in [0.15, 0.2) is 63.6 Å². The van der Waals surface area contributed by atoms with Crippen LogP contribution >= 0.6 is 0 Å². The van der Waals surface area contributed by atoms with E-state index in [-0.39, 0.29) is 30.2 Å². The van der Waals surface area contributed by atoms with Gasteiger partial charge >= 0.3 is 0 Å². The van der Waals surface area contributed by atoms with Crippen LogP contribution in [-0.4, -0.2) is 38.1 Å². The number of rotatable bonds is 9. The Morgan fingerprint density at radius 2 is 1.71 bits per heavy atom. The Kier molecular flexibility index (Phi) is 8.48. The summed E-state index contributed by atoms with van der Waals surface area (Å²) >= 11 is 0. The zero-order chi connectivity index (χ0) is 28.9. The van der Waals surface area contributed by atoms with E-state index in [2.05, 4.69) is 32.9 Å². The van der Waals surface area contributed by atoms with E-state index in [1.165, 1.54) is 60.0 Å². The number of hydrogen-bond acceptors (Lipinski definition) is 7. The van der Waals surface area contributed by atoms with Gasteiger partial charge in [-0.25, -0.2) is 0 Å². The molecule has 2 fully saturated rings. The Hall–Kier alpha value is -4.21. The van der Waals surface area contributed by atoms with Crippen molar-refractivity contribution in [2.75, 3.05) is 4.90 Å². The third-order valence-electron chi connectivity index (χ3n) is 8.48. The second-order valence-electron chi connectivity index (χ2n) is 11.5. The quantitative estimate of drug-likeness (QED) is 0.258. The number of nitrogens with zero attached hydrogens (tertiary/aromatic N) is 5. The normalized spacial score (nSPS) is 17.2. The molecule has 1 N–H and O–H groups in total. The van der Waals surface area contributed by atoms with E-state index in [0.717, 1.165) is 31.4 Å². The molecule has 2 saturated carbocycles. The maximum Gasteiger partial charge on any atom is 0.251 e. The number of amides is 2. The number of aryl methyl sites for hydroxylation is 1. The first-order valence-corrected chi connectivity index (χ1v) is 15.2. The monoisotopic (exact) mass is 570 g/mol. The molecule has 0 radical (unpaired) electrons. The van der Waals surface area contributed by atoms with Crippen LogP contribution in [0.4, 0.5) is 5.69 Å². The van der Waals surface area contributed by atoms with Gasteiger partial charge in [-0.15, -0.1) is 10.2 Å². The third-order valence-corrected chi connectivity index (χ3v) is 8.48. The molecule has 1 aromatic carbocycles. The minimum absolute atomic E-state index is 0.0747. The highest BCUT2D eigenvalue weighted by atomic mass is 16.3. The maximum atomic E-state index is 14.1. The van der Waals surface area contributed by atoms with Crippen LogP contribution in [0.25, 0.3) is 11.6 Å². The van der Waals surface area contributed by atoms with E-state index in [1.54, 1.807) is 18.2 Å². The Bertz CT molecular complexity index is 1460. The average molecular weight is 571 g/mol. The smallest absolute Gasteiger partial charge is 0.251 e. The minimum Gasteiger partial charge on any atom is -0.467 e. The zero-order valence-electron chi connectivity index (χ0n) is 24.1. The van der Waals surface area contributed by atoms with Crippen LogP contribution in [0.3, 0.4) is 0 Å². The van der Waals surface area contributed by atoms with Crippen molar-refractivity contribution < 1.29 is 18.4 Å². The molecule has 10 nitrogen and oxygen atoms in total. The van der Waals surface area contributed by atoms with Crippen molar-refractivity contribution in [3.8, 4) is 11.6 Å². The van der Waals surface area contributed by atoms with Crippen molar-refractivity contribution in [1.29, 1.82) is 0 Å². The molecule has 0 bridgehead atoms. The Labute approximate surface area is 245 Å². The van der Waals surface area contributed by atoms with Crippen LogP contribution in [0, 0.1) is 6.92 Å². The number of anilines is 1. The molecule has 42 heavy (non-hydrogen) atoms. The maximum absolute atomic E-state index is 14.1. The molecule has 2 amide bonds. The molecule has 2 aliphatic rings. The second-order valence-corrected chi connectivity index (χ2v) is 11.5. The van der Waals surface area contributed by atoms with Gasteiger partial charge in [0, 0.05) is 11.7 Å². The van der Waals surface area contributed by atoms with Crippen LogP contribution in [0.5, 0.6) is 0 Å². The predicted octanol–water partition coefficient (Wildman–Crippen LogP) is 6.11. The topological polar surface area (TPSA) is 119 Å². The summed E-state index contributed by atoms with van der Waals surface area (Å²) in [6, 6.07) is 14.2. The molecule has 0 spiro atoms. The minimum atomic E-state index is -0.995. The van der Waals surface area contributed by atoms with Crippen LogP contribution < -0.4 is 10.2 Å². The summed E-state index contributed by atoms with van der Waals surface area (Å²) in [6.45, 7) is 1.62. The number of hydrogen-bond donors (Lipinski definition) is 1. The summed E-state index contributed by atoms with van der Waals surface area (Å²) in [5.74, 6) is 1.78. The average Bonchev–Trinajstić information content (AvgIpc) is 3.80. The highest BCUT2D eigenvalue weighted by molar-refractivity contribution is 6.01. The lowest BCUT2D eigenvalue weighted by Crippen LogP contribution is -2.48. The fourth-order valence-electron chi connectivity index (χ4n) is 6.29. The molecule has 3 heterocycles. The molecule has 6 rings (SSSR count). The van der Waals surface area contributed by atoms with E-state index in [4.69, 9.17) is 8.83 Å². The Balaban J connectivity index is 1.32. The first kappa shape index (κ1) is 27.9. The summed E-state index contributed by atoms with van der Waals surface area (Å²) in [7, 11) is 0. The molecule has 1 atom stereocenters. The van der Waals surface area contributed by atoms with Gasteiger partial charge in [-0.05, 0) is 85.7 Å². The number of benzene rings is 1. The van der Waals surface area contributed by atoms with E-state index in [1.807, 2.05) is 25.1 Å². The van der Waals surface area contributed by atoms with Crippen molar-refractivity contribution in [1.82, 2.24) is 25.5 Å². The van der Waals surface area contributed by atoms with Gasteiger partial charge in [-0.3, -0.25) is 14.5 Å². The molecule has 4 aromatic rings. The molecule has 1 unspecified atom stereocenters. The van der Waals surface area contributed by atoms with Gasteiger partial charge in [0.25, 0.3) is 11.8 Å². The van der Waals surface area contributed by atoms with Crippen molar-refractivity contribution in [3.63, 3.8) is 0 Å². The Morgan fingerprint density at radius 3 is 2.38 bits per heavy atom. The molecular formula is C32H38N6O4. The summed E-state index contributed by atoms with van der Waals surface area (Å²) in [5, 5.41) is 15.8. The highest BCUT2D eigenvalue weighted by Gasteiger charge is 2.36. The number of tetrazole rings is 1. The number of carbonyl (C=O) groups is 2. The number of nitrogens with one attached hydrogen (secondary N) is 1. The van der Waals surface area contributed by atoms with Crippen LogP contribution in [0.2, 0.25) is 0 Å². The Morgan fingerprint density at radius 1 is 0.976 bits per heavy atom. The number of carbonyl (C=O) groups excluding carboxylic acids is 2. The molecule has 0 saturated heterocycles. The predicted molar refractivity (Wildman–Crippen MR) is 156 cm³/mol. The van der Waals surface area contributed by atoms with Gasteiger partial charge in [0.05, 0.1) is 6.26 Å². The summed E-state index contributed by atoms with van der Waals surface area (Å²) in [5.41, 5.74) is 1.88. The number of furan rings is 2. The first-order chi connectivity index (χ1) is 20.5. The fourth-order valence-corrected chi connectivity index (χ4v) is 6.29.